The molecule has 2 aromatic rings. The van der Waals surface area contributed by atoms with E-state index in [0.717, 1.165) is 13.2 Å². The van der Waals surface area contributed by atoms with Crippen LogP contribution in [0.15, 0.2) is 46.1 Å². The van der Waals surface area contributed by atoms with Crippen LogP contribution in [0.4, 0.5) is 5.82 Å². The van der Waals surface area contributed by atoms with Gasteiger partial charge in [0.2, 0.25) is 0 Å². The lowest BCUT2D eigenvalue weighted by atomic mass is 10.2. The van der Waals surface area contributed by atoms with Crippen LogP contribution in [0.25, 0.3) is 0 Å². The van der Waals surface area contributed by atoms with Crippen LogP contribution in [0.3, 0.4) is 0 Å². The molecule has 0 radical (unpaired) electrons. The number of aromatic amines is 1. The summed E-state index contributed by atoms with van der Waals surface area (Å²) < 4.78 is 31.3. The Morgan fingerprint density at radius 3 is 2.57 bits per heavy atom. The van der Waals surface area contributed by atoms with E-state index in [1.165, 1.54) is 30.3 Å². The fraction of sp³-hybridized carbons (Fsp3) is 0.0833. The molecule has 0 saturated heterocycles. The highest BCUT2D eigenvalue weighted by Gasteiger charge is 2.23. The average molecular weight is 309 g/mol. The van der Waals surface area contributed by atoms with Crippen LogP contribution in [-0.2, 0) is 14.8 Å². The van der Waals surface area contributed by atoms with Crippen LogP contribution in [0.1, 0.15) is 10.4 Å². The molecule has 1 heterocycles. The number of esters is 1. The van der Waals surface area contributed by atoms with Gasteiger partial charge >= 0.3 is 5.97 Å². The molecule has 0 spiro atoms. The highest BCUT2D eigenvalue weighted by molar-refractivity contribution is 7.92. The summed E-state index contributed by atoms with van der Waals surface area (Å²) in [4.78, 5) is 22.2. The Hall–Kier alpha value is -2.68. The van der Waals surface area contributed by atoms with Crippen molar-refractivity contribution in [2.24, 2.45) is 0 Å². The Kier molecular flexibility index (Phi) is 4.03. The number of sulfonamides is 1. The Morgan fingerprint density at radius 2 is 1.95 bits per heavy atom. The molecule has 0 amide bonds. The second-order valence-corrected chi connectivity index (χ2v) is 5.55. The molecule has 0 bridgehead atoms. The third-order valence-electron chi connectivity index (χ3n) is 2.50. The zero-order chi connectivity index (χ0) is 15.5. The molecule has 0 aliphatic rings. The molecule has 1 aromatic carbocycles. The van der Waals surface area contributed by atoms with Crippen molar-refractivity contribution in [2.75, 3.05) is 11.8 Å². The van der Waals surface area contributed by atoms with Crippen LogP contribution in [-0.4, -0.2) is 31.7 Å². The lowest BCUT2D eigenvalue weighted by Crippen LogP contribution is -2.19. The maximum absolute atomic E-state index is 12.3. The highest BCUT2D eigenvalue weighted by atomic mass is 32.2. The topological polar surface area (TPSA) is 118 Å². The Labute approximate surface area is 119 Å². The molecule has 2 N–H and O–H groups in total. The number of rotatable bonds is 4. The van der Waals surface area contributed by atoms with E-state index in [-0.39, 0.29) is 16.3 Å². The van der Waals surface area contributed by atoms with E-state index in [0.29, 0.717) is 0 Å². The molecule has 0 aliphatic carbocycles. The molecule has 1 aromatic heterocycles. The lowest BCUT2D eigenvalue weighted by Gasteiger charge is -2.10. The number of ether oxygens (including phenoxy) is 1. The molecule has 9 heteroatoms. The maximum Gasteiger partial charge on any atom is 0.339 e. The number of nitrogens with one attached hydrogen (secondary N) is 2. The first-order valence-corrected chi connectivity index (χ1v) is 7.18. The van der Waals surface area contributed by atoms with Crippen molar-refractivity contribution in [2.45, 2.75) is 4.90 Å². The molecule has 0 unspecified atom stereocenters. The normalized spacial score (nSPS) is 10.9. The number of nitrogens with zero attached hydrogens (tertiary/aromatic N) is 1. The summed E-state index contributed by atoms with van der Waals surface area (Å²) in [6.07, 6.45) is 0. The minimum Gasteiger partial charge on any atom is -0.465 e. The van der Waals surface area contributed by atoms with Gasteiger partial charge in [0.1, 0.15) is 4.90 Å². The van der Waals surface area contributed by atoms with E-state index in [1.807, 2.05) is 0 Å². The molecule has 21 heavy (non-hydrogen) atoms. The molecule has 2 rings (SSSR count). The lowest BCUT2D eigenvalue weighted by molar-refractivity contribution is 0.0596. The summed E-state index contributed by atoms with van der Waals surface area (Å²) in [6, 6.07) is 7.92. The monoisotopic (exact) mass is 309 g/mol. The number of carbonyl (C=O) groups excluding carboxylic acids is 1. The standard InChI is InChI=1S/C12H11N3O5S/c1-20-12(17)8-4-2-3-5-9(8)21(18,19)15-10-6-7-11(16)14-13-10/h2-7H,1H3,(H,13,15)(H,14,16). The first kappa shape index (κ1) is 14.7. The minimum absolute atomic E-state index is 0.0748. The van der Waals surface area contributed by atoms with E-state index in [9.17, 15) is 18.0 Å². The first-order valence-electron chi connectivity index (χ1n) is 5.70. The van der Waals surface area contributed by atoms with Crippen molar-refractivity contribution in [3.05, 3.63) is 52.3 Å². The van der Waals surface area contributed by atoms with E-state index in [2.05, 4.69) is 19.7 Å². The maximum atomic E-state index is 12.3. The van der Waals surface area contributed by atoms with Crippen molar-refractivity contribution in [1.82, 2.24) is 10.2 Å². The second kappa shape index (κ2) is 5.75. The summed E-state index contributed by atoms with van der Waals surface area (Å²) in [5.41, 5.74) is -0.565. The zero-order valence-electron chi connectivity index (χ0n) is 10.9. The summed E-state index contributed by atoms with van der Waals surface area (Å²) in [5, 5.41) is 5.64. The Morgan fingerprint density at radius 1 is 1.24 bits per heavy atom. The summed E-state index contributed by atoms with van der Waals surface area (Å²) >= 11 is 0. The van der Waals surface area contributed by atoms with Gasteiger partial charge < -0.3 is 4.74 Å². The van der Waals surface area contributed by atoms with Crippen LogP contribution >= 0.6 is 0 Å². The van der Waals surface area contributed by atoms with Crippen LogP contribution in [0.2, 0.25) is 0 Å². The summed E-state index contributed by atoms with van der Waals surface area (Å²) in [5.74, 6) is -0.848. The molecule has 8 nitrogen and oxygen atoms in total. The average Bonchev–Trinajstić information content (AvgIpc) is 2.48. The van der Waals surface area contributed by atoms with Crippen molar-refractivity contribution in [1.29, 1.82) is 0 Å². The Bertz CT molecular complexity index is 808. The number of benzene rings is 1. The van der Waals surface area contributed by atoms with Crippen LogP contribution in [0, 0.1) is 0 Å². The largest absolute Gasteiger partial charge is 0.465 e. The van der Waals surface area contributed by atoms with Gasteiger partial charge in [-0.05, 0) is 18.2 Å². The molecule has 110 valence electrons. The van der Waals surface area contributed by atoms with Crippen molar-refractivity contribution in [3.8, 4) is 0 Å². The smallest absolute Gasteiger partial charge is 0.339 e. The first-order chi connectivity index (χ1) is 9.94. The van der Waals surface area contributed by atoms with Crippen molar-refractivity contribution in [3.63, 3.8) is 0 Å². The fourth-order valence-corrected chi connectivity index (χ4v) is 2.77. The van der Waals surface area contributed by atoms with E-state index in [1.54, 1.807) is 0 Å². The molecular formula is C12H11N3O5S. The van der Waals surface area contributed by atoms with Crippen molar-refractivity contribution < 1.29 is 17.9 Å². The number of anilines is 1. The van der Waals surface area contributed by atoms with Gasteiger partial charge in [-0.2, -0.15) is 5.10 Å². The molecule has 0 atom stereocenters. The molecule has 0 aliphatic heterocycles. The van der Waals surface area contributed by atoms with E-state index < -0.39 is 21.6 Å². The number of H-pyrrole nitrogens is 1. The minimum atomic E-state index is -4.05. The molecular weight excluding hydrogens is 298 g/mol. The number of methoxy groups -OCH3 is 1. The third-order valence-corrected chi connectivity index (χ3v) is 3.91. The second-order valence-electron chi connectivity index (χ2n) is 3.90. The summed E-state index contributed by atoms with van der Waals surface area (Å²) in [7, 11) is -2.89. The zero-order valence-corrected chi connectivity index (χ0v) is 11.7. The predicted molar refractivity (Wildman–Crippen MR) is 73.4 cm³/mol. The van der Waals surface area contributed by atoms with Crippen LogP contribution < -0.4 is 10.3 Å². The van der Waals surface area contributed by atoms with Gasteiger partial charge in [0.25, 0.3) is 15.6 Å². The van der Waals surface area contributed by atoms with Gasteiger partial charge in [0, 0.05) is 6.07 Å². The number of carbonyl (C=O) groups is 1. The molecule has 0 fully saturated rings. The Balaban J connectivity index is 2.42. The highest BCUT2D eigenvalue weighted by Crippen LogP contribution is 2.18. The van der Waals surface area contributed by atoms with E-state index in [4.69, 9.17) is 0 Å². The fourth-order valence-electron chi connectivity index (χ4n) is 1.57. The van der Waals surface area contributed by atoms with Gasteiger partial charge in [-0.3, -0.25) is 9.52 Å². The van der Waals surface area contributed by atoms with E-state index >= 15 is 0 Å². The number of aromatic nitrogens is 2. The number of hydrogen-bond donors (Lipinski definition) is 2. The van der Waals surface area contributed by atoms with Gasteiger partial charge in [-0.25, -0.2) is 18.3 Å². The van der Waals surface area contributed by atoms with Gasteiger partial charge in [-0.1, -0.05) is 12.1 Å². The predicted octanol–water partition coefficient (Wildman–Crippen LogP) is 0.357. The van der Waals surface area contributed by atoms with Gasteiger partial charge in [-0.15, -0.1) is 0 Å². The third kappa shape index (κ3) is 3.26. The van der Waals surface area contributed by atoms with Gasteiger partial charge in [0.05, 0.1) is 12.7 Å². The van der Waals surface area contributed by atoms with Gasteiger partial charge in [0.15, 0.2) is 5.82 Å². The summed E-state index contributed by atoms with van der Waals surface area (Å²) in [6.45, 7) is 0. The SMILES string of the molecule is COC(=O)c1ccccc1S(=O)(=O)Nc1ccc(=O)[nH]n1. The number of hydrogen-bond acceptors (Lipinski definition) is 6. The molecule has 0 saturated carbocycles. The quantitative estimate of drug-likeness (QED) is 0.787. The van der Waals surface area contributed by atoms with Crippen LogP contribution in [0.5, 0.6) is 0 Å². The van der Waals surface area contributed by atoms with Crippen molar-refractivity contribution >= 4 is 21.8 Å².